The van der Waals surface area contributed by atoms with E-state index in [2.05, 4.69) is 5.32 Å². The first-order chi connectivity index (χ1) is 11.5. The van der Waals surface area contributed by atoms with E-state index in [0.717, 1.165) is 0 Å². The van der Waals surface area contributed by atoms with E-state index in [4.69, 9.17) is 32.7 Å². The van der Waals surface area contributed by atoms with E-state index in [0.29, 0.717) is 15.7 Å². The minimum Gasteiger partial charge on any atom is -0.483 e. The van der Waals surface area contributed by atoms with Crippen LogP contribution in [0.3, 0.4) is 0 Å². The average molecular weight is 368 g/mol. The number of carbonyl (C=O) groups excluding carboxylic acids is 2. The molecule has 0 unspecified atom stereocenters. The van der Waals surface area contributed by atoms with E-state index in [-0.39, 0.29) is 24.5 Å². The molecule has 0 saturated heterocycles. The van der Waals surface area contributed by atoms with Gasteiger partial charge in [-0.2, -0.15) is 0 Å². The fourth-order valence-electron chi connectivity index (χ4n) is 1.94. The Hall–Kier alpha value is -2.24. The van der Waals surface area contributed by atoms with Gasteiger partial charge in [-0.15, -0.1) is 0 Å². The van der Waals surface area contributed by atoms with Crippen molar-refractivity contribution in [3.63, 3.8) is 0 Å². The van der Waals surface area contributed by atoms with Gasteiger partial charge in [-0.05, 0) is 37.3 Å². The van der Waals surface area contributed by atoms with Gasteiger partial charge in [0.05, 0.1) is 6.61 Å². The first-order valence-corrected chi connectivity index (χ1v) is 7.90. The number of nitrogens with one attached hydrogen (secondary N) is 1. The van der Waals surface area contributed by atoms with Gasteiger partial charge in [0, 0.05) is 15.7 Å². The number of anilines is 1. The van der Waals surface area contributed by atoms with Crippen molar-refractivity contribution in [1.29, 1.82) is 0 Å². The molecule has 0 atom stereocenters. The maximum Gasteiger partial charge on any atom is 0.341 e. The van der Waals surface area contributed by atoms with Crippen molar-refractivity contribution in [2.45, 2.75) is 6.92 Å². The van der Waals surface area contributed by atoms with Gasteiger partial charge >= 0.3 is 5.97 Å². The number of esters is 1. The van der Waals surface area contributed by atoms with Gasteiger partial charge in [-0.1, -0.05) is 35.3 Å². The van der Waals surface area contributed by atoms with E-state index in [1.165, 1.54) is 0 Å². The second-order valence-corrected chi connectivity index (χ2v) is 5.58. The monoisotopic (exact) mass is 367 g/mol. The highest BCUT2D eigenvalue weighted by Gasteiger charge is 2.14. The van der Waals surface area contributed by atoms with Gasteiger partial charge in [-0.25, -0.2) is 4.79 Å². The predicted molar refractivity (Wildman–Crippen MR) is 93.0 cm³/mol. The number of hydrogen-bond donors (Lipinski definition) is 1. The molecule has 2 aromatic rings. The third-order valence-corrected chi connectivity index (χ3v) is 3.32. The molecule has 0 fully saturated rings. The van der Waals surface area contributed by atoms with Crippen LogP contribution in [0.4, 0.5) is 5.69 Å². The minimum absolute atomic E-state index is 0.253. The van der Waals surface area contributed by atoms with Crippen LogP contribution in [0.5, 0.6) is 5.75 Å². The van der Waals surface area contributed by atoms with Crippen LogP contribution in [-0.4, -0.2) is 25.1 Å². The van der Waals surface area contributed by atoms with E-state index >= 15 is 0 Å². The molecule has 0 radical (unpaired) electrons. The van der Waals surface area contributed by atoms with Gasteiger partial charge in [0.2, 0.25) is 0 Å². The molecular weight excluding hydrogens is 353 g/mol. The Morgan fingerprint density at radius 2 is 1.75 bits per heavy atom. The van der Waals surface area contributed by atoms with Crippen molar-refractivity contribution in [1.82, 2.24) is 0 Å². The van der Waals surface area contributed by atoms with Crippen LogP contribution in [0, 0.1) is 0 Å². The zero-order chi connectivity index (χ0) is 17.5. The normalized spacial score (nSPS) is 10.1. The van der Waals surface area contributed by atoms with Crippen molar-refractivity contribution in [3.05, 3.63) is 58.1 Å². The van der Waals surface area contributed by atoms with Crippen LogP contribution >= 0.6 is 23.2 Å². The average Bonchev–Trinajstić information content (AvgIpc) is 2.52. The Morgan fingerprint density at radius 1 is 1.08 bits per heavy atom. The first kappa shape index (κ1) is 18.1. The van der Waals surface area contributed by atoms with E-state index in [9.17, 15) is 9.59 Å². The fourth-order valence-corrected chi connectivity index (χ4v) is 2.46. The maximum absolute atomic E-state index is 12.0. The zero-order valence-corrected chi connectivity index (χ0v) is 14.4. The summed E-state index contributed by atoms with van der Waals surface area (Å²) in [6.07, 6.45) is 0. The molecule has 0 aliphatic heterocycles. The highest BCUT2D eigenvalue weighted by atomic mass is 35.5. The van der Waals surface area contributed by atoms with Gasteiger partial charge in [0.1, 0.15) is 11.3 Å². The number of benzene rings is 2. The lowest BCUT2D eigenvalue weighted by molar-refractivity contribution is -0.118. The van der Waals surface area contributed by atoms with Crippen LogP contribution < -0.4 is 10.1 Å². The molecule has 24 heavy (non-hydrogen) atoms. The fraction of sp³-hybridized carbons (Fsp3) is 0.176. The number of rotatable bonds is 6. The Bertz CT molecular complexity index is 729. The number of halogens is 2. The lowest BCUT2D eigenvalue weighted by Crippen LogP contribution is -2.21. The highest BCUT2D eigenvalue weighted by Crippen LogP contribution is 2.23. The summed E-state index contributed by atoms with van der Waals surface area (Å²) in [6.45, 7) is 1.69. The summed E-state index contributed by atoms with van der Waals surface area (Å²) in [6, 6.07) is 11.2. The minimum atomic E-state index is -0.505. The topological polar surface area (TPSA) is 64.6 Å². The molecule has 0 spiro atoms. The lowest BCUT2D eigenvalue weighted by Gasteiger charge is -2.11. The quantitative estimate of drug-likeness (QED) is 0.777. The van der Waals surface area contributed by atoms with Crippen LogP contribution in [0.1, 0.15) is 17.3 Å². The summed E-state index contributed by atoms with van der Waals surface area (Å²) in [5.41, 5.74) is 0.720. The van der Waals surface area contributed by atoms with E-state index in [1.807, 2.05) is 0 Å². The van der Waals surface area contributed by atoms with Crippen molar-refractivity contribution in [3.8, 4) is 5.75 Å². The molecule has 1 N–H and O–H groups in total. The number of para-hydroxylation sites is 1. The SMILES string of the molecule is CCOC(=O)c1ccccc1OCC(=O)Nc1cc(Cl)cc(Cl)c1. The standard InChI is InChI=1S/C17H15Cl2NO4/c1-2-23-17(22)14-5-3-4-6-15(14)24-10-16(21)20-13-8-11(18)7-12(19)9-13/h3-9H,2,10H2,1H3,(H,20,21). The summed E-state index contributed by atoms with van der Waals surface area (Å²) in [4.78, 5) is 23.8. The number of amides is 1. The first-order valence-electron chi connectivity index (χ1n) is 7.14. The summed E-state index contributed by atoms with van der Waals surface area (Å²) < 4.78 is 10.4. The van der Waals surface area contributed by atoms with Crippen LogP contribution in [0.15, 0.2) is 42.5 Å². The van der Waals surface area contributed by atoms with Crippen LogP contribution in [0.25, 0.3) is 0 Å². The second kappa shape index (κ2) is 8.57. The van der Waals surface area contributed by atoms with Crippen LogP contribution in [-0.2, 0) is 9.53 Å². The zero-order valence-electron chi connectivity index (χ0n) is 12.8. The predicted octanol–water partition coefficient (Wildman–Crippen LogP) is 4.19. The number of carbonyl (C=O) groups is 2. The summed E-state index contributed by atoms with van der Waals surface area (Å²) in [5, 5.41) is 3.44. The smallest absolute Gasteiger partial charge is 0.341 e. The van der Waals surface area contributed by atoms with Gasteiger partial charge in [-0.3, -0.25) is 4.79 Å². The summed E-state index contributed by atoms with van der Waals surface area (Å²) in [5.74, 6) is -0.641. The third kappa shape index (κ3) is 5.15. The van der Waals surface area contributed by atoms with E-state index < -0.39 is 11.9 Å². The molecule has 0 aliphatic carbocycles. The van der Waals surface area contributed by atoms with Gasteiger partial charge < -0.3 is 14.8 Å². The third-order valence-electron chi connectivity index (χ3n) is 2.89. The molecule has 0 saturated carbocycles. The molecule has 0 aliphatic rings. The molecule has 1 amide bonds. The molecular formula is C17H15Cl2NO4. The van der Waals surface area contributed by atoms with Gasteiger partial charge in [0.15, 0.2) is 6.61 Å². The molecule has 0 aromatic heterocycles. The Balaban J connectivity index is 2.00. The molecule has 0 bridgehead atoms. The van der Waals surface area contributed by atoms with Gasteiger partial charge in [0.25, 0.3) is 5.91 Å². The van der Waals surface area contributed by atoms with Crippen molar-refractivity contribution in [2.24, 2.45) is 0 Å². The Kier molecular flexibility index (Phi) is 6.46. The van der Waals surface area contributed by atoms with Crippen LogP contribution in [0.2, 0.25) is 10.0 Å². The second-order valence-electron chi connectivity index (χ2n) is 4.71. The van der Waals surface area contributed by atoms with Crippen molar-refractivity contribution in [2.75, 3.05) is 18.5 Å². The molecule has 5 nitrogen and oxygen atoms in total. The van der Waals surface area contributed by atoms with E-state index in [1.54, 1.807) is 49.4 Å². The Labute approximate surface area is 149 Å². The molecule has 2 rings (SSSR count). The largest absolute Gasteiger partial charge is 0.483 e. The van der Waals surface area contributed by atoms with Crippen molar-refractivity contribution >= 4 is 40.8 Å². The summed E-state index contributed by atoms with van der Waals surface area (Å²) >= 11 is 11.7. The van der Waals surface area contributed by atoms with Crippen molar-refractivity contribution < 1.29 is 19.1 Å². The summed E-state index contributed by atoms with van der Waals surface area (Å²) in [7, 11) is 0. The number of ether oxygens (including phenoxy) is 2. The number of hydrogen-bond acceptors (Lipinski definition) is 4. The maximum atomic E-state index is 12.0. The molecule has 2 aromatic carbocycles. The lowest BCUT2D eigenvalue weighted by atomic mass is 10.2. The molecule has 7 heteroatoms. The molecule has 126 valence electrons. The molecule has 0 heterocycles. The highest BCUT2D eigenvalue weighted by molar-refractivity contribution is 6.35. The Morgan fingerprint density at radius 3 is 2.42 bits per heavy atom.